The zero-order valence-electron chi connectivity index (χ0n) is 17.6. The van der Waals surface area contributed by atoms with Crippen LogP contribution in [0.5, 0.6) is 0 Å². The molecule has 0 saturated heterocycles. The monoisotopic (exact) mass is 413 g/mol. The summed E-state index contributed by atoms with van der Waals surface area (Å²) in [6, 6.07) is 30.6. The van der Waals surface area contributed by atoms with E-state index in [0.717, 1.165) is 16.7 Å². The van der Waals surface area contributed by atoms with Crippen LogP contribution in [-0.4, -0.2) is 42.9 Å². The second-order valence-corrected chi connectivity index (χ2v) is 7.74. The Morgan fingerprint density at radius 1 is 0.968 bits per heavy atom. The van der Waals surface area contributed by atoms with E-state index in [2.05, 4.69) is 77.7 Å². The van der Waals surface area contributed by atoms with Crippen LogP contribution in [0.15, 0.2) is 96.0 Å². The minimum atomic E-state index is -0.688. The molecule has 0 bridgehead atoms. The Balaban J connectivity index is 1.81. The van der Waals surface area contributed by atoms with Gasteiger partial charge in [0.1, 0.15) is 11.6 Å². The lowest BCUT2D eigenvalue weighted by atomic mass is 9.75. The third-order valence-corrected chi connectivity index (χ3v) is 5.86. The van der Waals surface area contributed by atoms with E-state index < -0.39 is 17.6 Å². The van der Waals surface area contributed by atoms with Gasteiger partial charge in [0.2, 0.25) is 0 Å². The Morgan fingerprint density at radius 3 is 1.84 bits per heavy atom. The highest BCUT2D eigenvalue weighted by Crippen LogP contribution is 2.43. The molecular weight excluding hydrogens is 386 g/mol. The van der Waals surface area contributed by atoms with Crippen molar-refractivity contribution < 1.29 is 9.53 Å². The molecule has 0 aliphatic carbocycles. The maximum atomic E-state index is 11.8. The van der Waals surface area contributed by atoms with Crippen LogP contribution in [0.25, 0.3) is 0 Å². The number of aliphatic imine (C=N–C) groups is 1. The van der Waals surface area contributed by atoms with Crippen LogP contribution >= 0.6 is 0 Å². The van der Waals surface area contributed by atoms with Crippen LogP contribution in [0.2, 0.25) is 0 Å². The molecule has 2 atom stereocenters. The lowest BCUT2D eigenvalue weighted by Gasteiger charge is -2.43. The first kappa shape index (κ1) is 20.8. The molecule has 3 aromatic carbocycles. The van der Waals surface area contributed by atoms with Crippen molar-refractivity contribution in [1.82, 2.24) is 4.90 Å². The van der Waals surface area contributed by atoms with Crippen molar-refractivity contribution in [3.63, 3.8) is 0 Å². The van der Waals surface area contributed by atoms with Gasteiger partial charge in [-0.3, -0.25) is 9.79 Å². The average Bonchev–Trinajstić information content (AvgIpc) is 3.29. The molecule has 0 spiro atoms. The molecule has 0 radical (unpaired) electrons. The number of nitrogens with zero attached hydrogens (tertiary/aromatic N) is 2. The third kappa shape index (κ3) is 3.97. The topological polar surface area (TPSA) is 67.9 Å². The Kier molecular flexibility index (Phi) is 6.14. The fourth-order valence-electron chi connectivity index (χ4n) is 4.43. The number of nitrogens with two attached hydrogens (primary N) is 1. The molecule has 158 valence electrons. The normalized spacial score (nSPS) is 16.8. The standard InChI is InChI=1S/C26H27N3O2/c1-31-25(30)24(27)17-23-18-29(19-28-23)26(20-11-5-2-6-12-20,21-13-7-3-8-14-21)22-15-9-4-10-16-22/h2-16,19,23-24H,17-18,27H2,1H3/t23?,24-/m0/s1. The van der Waals surface area contributed by atoms with E-state index in [-0.39, 0.29) is 6.04 Å². The molecule has 5 heteroatoms. The molecule has 0 aromatic heterocycles. The lowest BCUT2D eigenvalue weighted by Crippen LogP contribution is -2.48. The summed E-state index contributed by atoms with van der Waals surface area (Å²) in [7, 11) is 1.36. The number of carbonyl (C=O) groups is 1. The number of hydrogen-bond acceptors (Lipinski definition) is 5. The summed E-state index contributed by atoms with van der Waals surface area (Å²) < 4.78 is 4.79. The van der Waals surface area contributed by atoms with Gasteiger partial charge >= 0.3 is 5.97 Å². The van der Waals surface area contributed by atoms with E-state index in [4.69, 9.17) is 15.5 Å². The van der Waals surface area contributed by atoms with E-state index in [0.29, 0.717) is 13.0 Å². The number of ether oxygens (including phenoxy) is 1. The predicted molar refractivity (Wildman–Crippen MR) is 123 cm³/mol. The molecule has 1 aliphatic heterocycles. The molecule has 5 nitrogen and oxygen atoms in total. The second-order valence-electron chi connectivity index (χ2n) is 7.74. The fourth-order valence-corrected chi connectivity index (χ4v) is 4.43. The molecule has 31 heavy (non-hydrogen) atoms. The van der Waals surface area contributed by atoms with Crippen LogP contribution < -0.4 is 5.73 Å². The molecular formula is C26H27N3O2. The van der Waals surface area contributed by atoms with E-state index in [1.54, 1.807) is 0 Å². The van der Waals surface area contributed by atoms with Gasteiger partial charge in [-0.15, -0.1) is 0 Å². The molecule has 2 N–H and O–H groups in total. The lowest BCUT2D eigenvalue weighted by molar-refractivity contribution is -0.142. The maximum Gasteiger partial charge on any atom is 0.322 e. The number of benzene rings is 3. The summed E-state index contributed by atoms with van der Waals surface area (Å²) in [5.74, 6) is -0.408. The van der Waals surface area contributed by atoms with Crippen LogP contribution in [-0.2, 0) is 15.1 Å². The molecule has 1 unspecified atom stereocenters. The van der Waals surface area contributed by atoms with E-state index in [9.17, 15) is 4.79 Å². The molecule has 1 aliphatic rings. The minimum Gasteiger partial charge on any atom is -0.468 e. The fraction of sp³-hybridized carbons (Fsp3) is 0.231. The Hall–Kier alpha value is -3.44. The van der Waals surface area contributed by atoms with Gasteiger partial charge in [0.05, 0.1) is 19.5 Å². The van der Waals surface area contributed by atoms with Crippen LogP contribution in [0.1, 0.15) is 23.1 Å². The highest BCUT2D eigenvalue weighted by atomic mass is 16.5. The molecule has 3 aromatic rings. The number of methoxy groups -OCH3 is 1. The Labute approximate surface area is 183 Å². The number of rotatable bonds is 7. The number of hydrogen-bond donors (Lipinski definition) is 1. The summed E-state index contributed by atoms with van der Waals surface area (Å²) in [6.45, 7) is 0.642. The van der Waals surface area contributed by atoms with Crippen molar-refractivity contribution in [2.24, 2.45) is 10.7 Å². The average molecular weight is 414 g/mol. The number of esters is 1. The van der Waals surface area contributed by atoms with E-state index in [1.165, 1.54) is 7.11 Å². The predicted octanol–water partition coefficient (Wildman–Crippen LogP) is 3.58. The van der Waals surface area contributed by atoms with Crippen LogP contribution in [0.3, 0.4) is 0 Å². The van der Waals surface area contributed by atoms with Crippen molar-refractivity contribution in [3.05, 3.63) is 108 Å². The molecule has 0 saturated carbocycles. The van der Waals surface area contributed by atoms with Gasteiger partial charge in [0, 0.05) is 6.54 Å². The summed E-state index contributed by atoms with van der Waals surface area (Å²) in [4.78, 5) is 18.8. The Morgan fingerprint density at radius 2 is 1.42 bits per heavy atom. The first-order valence-electron chi connectivity index (χ1n) is 10.5. The summed E-state index contributed by atoms with van der Waals surface area (Å²) in [5.41, 5.74) is 8.92. The summed E-state index contributed by atoms with van der Waals surface area (Å²) in [6.07, 6.45) is 2.34. The summed E-state index contributed by atoms with van der Waals surface area (Å²) in [5, 5.41) is 0. The molecule has 4 rings (SSSR count). The van der Waals surface area contributed by atoms with Crippen molar-refractivity contribution in [2.75, 3.05) is 13.7 Å². The zero-order valence-corrected chi connectivity index (χ0v) is 17.6. The van der Waals surface area contributed by atoms with E-state index in [1.807, 2.05) is 24.5 Å². The van der Waals surface area contributed by atoms with Crippen molar-refractivity contribution >= 4 is 12.3 Å². The quantitative estimate of drug-likeness (QED) is 0.475. The van der Waals surface area contributed by atoms with Gasteiger partial charge in [-0.25, -0.2) is 0 Å². The maximum absolute atomic E-state index is 11.8. The molecule has 1 heterocycles. The highest BCUT2D eigenvalue weighted by Gasteiger charge is 2.43. The third-order valence-electron chi connectivity index (χ3n) is 5.86. The largest absolute Gasteiger partial charge is 0.468 e. The Bertz CT molecular complexity index is 926. The van der Waals surface area contributed by atoms with Gasteiger partial charge in [0.25, 0.3) is 0 Å². The molecule has 0 fully saturated rings. The number of carbonyl (C=O) groups excluding carboxylic acids is 1. The first-order valence-corrected chi connectivity index (χ1v) is 10.5. The van der Waals surface area contributed by atoms with Crippen LogP contribution in [0.4, 0.5) is 0 Å². The SMILES string of the molecule is COC(=O)[C@@H](N)CC1CN(C(c2ccccc2)(c2ccccc2)c2ccccc2)C=N1. The van der Waals surface area contributed by atoms with Gasteiger partial charge in [-0.1, -0.05) is 91.0 Å². The van der Waals surface area contributed by atoms with Crippen molar-refractivity contribution in [2.45, 2.75) is 24.0 Å². The summed E-state index contributed by atoms with van der Waals surface area (Å²) >= 11 is 0. The van der Waals surface area contributed by atoms with E-state index >= 15 is 0 Å². The van der Waals surface area contributed by atoms with Gasteiger partial charge < -0.3 is 15.4 Å². The van der Waals surface area contributed by atoms with Crippen molar-refractivity contribution in [3.8, 4) is 0 Å². The minimum absolute atomic E-state index is 0.0930. The second kappa shape index (κ2) is 9.14. The highest BCUT2D eigenvalue weighted by molar-refractivity contribution is 5.75. The van der Waals surface area contributed by atoms with Gasteiger partial charge in [-0.2, -0.15) is 0 Å². The van der Waals surface area contributed by atoms with Crippen molar-refractivity contribution in [1.29, 1.82) is 0 Å². The zero-order chi connectivity index (χ0) is 21.7. The van der Waals surface area contributed by atoms with Crippen LogP contribution in [0, 0.1) is 0 Å². The smallest absolute Gasteiger partial charge is 0.322 e. The van der Waals surface area contributed by atoms with Gasteiger partial charge in [0.15, 0.2) is 0 Å². The first-order chi connectivity index (χ1) is 15.2. The molecule has 0 amide bonds. The van der Waals surface area contributed by atoms with Gasteiger partial charge in [-0.05, 0) is 23.1 Å².